The highest BCUT2D eigenvalue weighted by atomic mass is 35.5. The fourth-order valence-electron chi connectivity index (χ4n) is 4.89. The summed E-state index contributed by atoms with van der Waals surface area (Å²) in [5.41, 5.74) is 0.854. The summed E-state index contributed by atoms with van der Waals surface area (Å²) >= 11 is 12.4. The molecule has 0 bridgehead atoms. The molecule has 1 aliphatic rings. The molecule has 0 heterocycles. The molecule has 202 valence electrons. The minimum Gasteiger partial charge on any atom is -0.489 e. The van der Waals surface area contributed by atoms with Crippen molar-refractivity contribution in [2.24, 2.45) is 16.7 Å². The zero-order valence-corrected chi connectivity index (χ0v) is 23.2. The Morgan fingerprint density at radius 2 is 1.76 bits per heavy atom. The molecule has 9 heteroatoms. The van der Waals surface area contributed by atoms with E-state index >= 15 is 0 Å². The number of amides is 1. The van der Waals surface area contributed by atoms with Gasteiger partial charge in [-0.1, -0.05) is 62.2 Å². The number of hydrogen-bond acceptors (Lipinski definition) is 5. The van der Waals surface area contributed by atoms with Gasteiger partial charge < -0.3 is 24.6 Å². The molecule has 3 atom stereocenters. The van der Waals surface area contributed by atoms with E-state index in [1.54, 1.807) is 49.6 Å². The standard InChI is InChI=1S/C28H35Cl2NO6/c1-27(2)21(12-13-28(27,3)16-36-17-35-4)25(32)31-24(26(33)34)14-18-8-10-19(11-9-18)37-15-20-22(29)6-5-7-23(20)30/h5-11,21,24H,12-17H2,1-4H3,(H,31,32)(H,33,34). The first-order valence-corrected chi connectivity index (χ1v) is 13.0. The first-order valence-electron chi connectivity index (χ1n) is 12.2. The molecule has 1 fully saturated rings. The van der Waals surface area contributed by atoms with Gasteiger partial charge >= 0.3 is 5.97 Å². The van der Waals surface area contributed by atoms with Gasteiger partial charge in [0.2, 0.25) is 5.91 Å². The van der Waals surface area contributed by atoms with Crippen molar-refractivity contribution in [3.63, 3.8) is 0 Å². The van der Waals surface area contributed by atoms with Crippen LogP contribution >= 0.6 is 23.2 Å². The summed E-state index contributed by atoms with van der Waals surface area (Å²) in [5, 5.41) is 13.6. The molecule has 3 rings (SSSR count). The molecule has 2 N–H and O–H groups in total. The molecule has 0 spiro atoms. The highest BCUT2D eigenvalue weighted by molar-refractivity contribution is 6.35. The van der Waals surface area contributed by atoms with Crippen LogP contribution < -0.4 is 10.1 Å². The maximum absolute atomic E-state index is 13.2. The maximum atomic E-state index is 13.2. The number of carbonyl (C=O) groups excluding carboxylic acids is 1. The molecule has 0 radical (unpaired) electrons. The topological polar surface area (TPSA) is 94.1 Å². The second-order valence-corrected chi connectivity index (χ2v) is 11.2. The number of carbonyl (C=O) groups is 2. The van der Waals surface area contributed by atoms with E-state index in [9.17, 15) is 14.7 Å². The third kappa shape index (κ3) is 6.96. The van der Waals surface area contributed by atoms with Crippen LogP contribution in [0.2, 0.25) is 10.0 Å². The zero-order chi connectivity index (χ0) is 27.2. The van der Waals surface area contributed by atoms with Crippen LogP contribution in [0.4, 0.5) is 0 Å². The van der Waals surface area contributed by atoms with Crippen molar-refractivity contribution in [2.75, 3.05) is 20.5 Å². The van der Waals surface area contributed by atoms with E-state index in [1.807, 2.05) is 13.8 Å². The average Bonchev–Trinajstić information content (AvgIpc) is 3.08. The van der Waals surface area contributed by atoms with Gasteiger partial charge in [-0.15, -0.1) is 0 Å². The zero-order valence-electron chi connectivity index (χ0n) is 21.7. The Morgan fingerprint density at radius 1 is 1.11 bits per heavy atom. The Hall–Kier alpha value is -2.32. The van der Waals surface area contributed by atoms with E-state index in [0.29, 0.717) is 34.4 Å². The van der Waals surface area contributed by atoms with Gasteiger partial charge in [0.1, 0.15) is 25.2 Å². The number of rotatable bonds is 12. The Morgan fingerprint density at radius 3 is 2.35 bits per heavy atom. The number of carboxylic acid groups (broad SMARTS) is 1. The summed E-state index contributed by atoms with van der Waals surface area (Å²) in [7, 11) is 1.57. The number of hydrogen-bond donors (Lipinski definition) is 2. The van der Waals surface area contributed by atoms with Crippen LogP contribution in [0, 0.1) is 16.7 Å². The van der Waals surface area contributed by atoms with Crippen LogP contribution in [-0.4, -0.2) is 43.5 Å². The predicted octanol–water partition coefficient (Wildman–Crippen LogP) is 5.75. The van der Waals surface area contributed by atoms with Gasteiger partial charge in [0, 0.05) is 35.1 Å². The van der Waals surface area contributed by atoms with E-state index in [-0.39, 0.29) is 42.5 Å². The fraction of sp³-hybridized carbons (Fsp3) is 0.500. The Kier molecular flexibility index (Phi) is 9.86. The molecule has 37 heavy (non-hydrogen) atoms. The van der Waals surface area contributed by atoms with Gasteiger partial charge in [-0.2, -0.15) is 0 Å². The first kappa shape index (κ1) is 29.2. The summed E-state index contributed by atoms with van der Waals surface area (Å²) < 4.78 is 16.4. The SMILES string of the molecule is COCOCC1(C)CCC(C(=O)NC(Cc2ccc(OCc3c(Cl)cccc3Cl)cc2)C(=O)O)C1(C)C. The molecule has 2 aromatic carbocycles. The minimum atomic E-state index is -1.08. The van der Waals surface area contributed by atoms with Gasteiger partial charge in [-0.05, 0) is 53.5 Å². The summed E-state index contributed by atoms with van der Waals surface area (Å²) in [4.78, 5) is 25.2. The first-order chi connectivity index (χ1) is 17.5. The Bertz CT molecular complexity index is 1070. The van der Waals surface area contributed by atoms with Crippen molar-refractivity contribution >= 4 is 35.1 Å². The van der Waals surface area contributed by atoms with Crippen molar-refractivity contribution in [3.8, 4) is 5.75 Å². The normalized spacial score (nSPS) is 21.4. The van der Waals surface area contributed by atoms with Crippen LogP contribution in [0.15, 0.2) is 42.5 Å². The molecule has 2 aromatic rings. The molecular weight excluding hydrogens is 517 g/mol. The smallest absolute Gasteiger partial charge is 0.326 e. The lowest BCUT2D eigenvalue weighted by Gasteiger charge is -2.41. The van der Waals surface area contributed by atoms with Crippen LogP contribution in [0.1, 0.15) is 44.7 Å². The average molecular weight is 552 g/mol. The van der Waals surface area contributed by atoms with Crippen molar-refractivity contribution in [1.82, 2.24) is 5.32 Å². The number of aliphatic carboxylic acids is 1. The number of methoxy groups -OCH3 is 1. The third-order valence-electron chi connectivity index (χ3n) is 7.77. The van der Waals surface area contributed by atoms with Crippen LogP contribution in [0.25, 0.3) is 0 Å². The van der Waals surface area contributed by atoms with Gasteiger partial charge in [0.15, 0.2) is 0 Å². The number of nitrogens with one attached hydrogen (secondary N) is 1. The molecule has 3 unspecified atom stereocenters. The number of ether oxygens (including phenoxy) is 3. The van der Waals surface area contributed by atoms with E-state index in [0.717, 1.165) is 12.0 Å². The van der Waals surface area contributed by atoms with Crippen LogP contribution in [0.3, 0.4) is 0 Å². The van der Waals surface area contributed by atoms with E-state index < -0.39 is 12.0 Å². The largest absolute Gasteiger partial charge is 0.489 e. The molecule has 0 aromatic heterocycles. The lowest BCUT2D eigenvalue weighted by molar-refractivity contribution is -0.144. The van der Waals surface area contributed by atoms with Gasteiger partial charge in [-0.25, -0.2) is 4.79 Å². The lowest BCUT2D eigenvalue weighted by atomic mass is 9.66. The second-order valence-electron chi connectivity index (χ2n) is 10.4. The molecule has 1 saturated carbocycles. The van der Waals surface area contributed by atoms with Gasteiger partial charge in [-0.3, -0.25) is 4.79 Å². The van der Waals surface area contributed by atoms with E-state index in [1.165, 1.54) is 0 Å². The van der Waals surface area contributed by atoms with E-state index in [4.69, 9.17) is 37.4 Å². The van der Waals surface area contributed by atoms with Gasteiger partial charge in [0.25, 0.3) is 0 Å². The molecule has 0 aliphatic heterocycles. The second kappa shape index (κ2) is 12.5. The monoisotopic (exact) mass is 551 g/mol. The van der Waals surface area contributed by atoms with Crippen molar-refractivity contribution in [1.29, 1.82) is 0 Å². The highest BCUT2D eigenvalue weighted by Gasteiger charge is 2.54. The summed E-state index contributed by atoms with van der Waals surface area (Å²) in [6.07, 6.45) is 1.62. The Balaban J connectivity index is 1.61. The van der Waals surface area contributed by atoms with Crippen LogP contribution in [-0.2, 0) is 32.1 Å². The third-order valence-corrected chi connectivity index (χ3v) is 8.48. The quantitative estimate of drug-likeness (QED) is 0.257. The highest BCUT2D eigenvalue weighted by Crippen LogP contribution is 2.56. The maximum Gasteiger partial charge on any atom is 0.326 e. The lowest BCUT2D eigenvalue weighted by Crippen LogP contribution is -2.49. The van der Waals surface area contributed by atoms with Gasteiger partial charge in [0.05, 0.1) is 6.61 Å². The van der Waals surface area contributed by atoms with E-state index in [2.05, 4.69) is 12.2 Å². The number of carboxylic acids is 1. The molecule has 1 aliphatic carbocycles. The van der Waals surface area contributed by atoms with Crippen molar-refractivity contribution in [3.05, 3.63) is 63.6 Å². The summed E-state index contributed by atoms with van der Waals surface area (Å²) in [5.74, 6) is -1.05. The number of halogens is 2. The minimum absolute atomic E-state index is 0.152. The van der Waals surface area contributed by atoms with Crippen molar-refractivity contribution < 1.29 is 28.9 Å². The van der Waals surface area contributed by atoms with Crippen molar-refractivity contribution in [2.45, 2.75) is 52.7 Å². The van der Waals surface area contributed by atoms with Crippen LogP contribution in [0.5, 0.6) is 5.75 Å². The summed E-state index contributed by atoms with van der Waals surface area (Å²) in [6.45, 7) is 7.07. The molecule has 7 nitrogen and oxygen atoms in total. The fourth-order valence-corrected chi connectivity index (χ4v) is 5.40. The number of benzene rings is 2. The molecular formula is C28H35Cl2NO6. The predicted molar refractivity (Wildman–Crippen MR) is 143 cm³/mol. The molecule has 0 saturated heterocycles. The summed E-state index contributed by atoms with van der Waals surface area (Å²) in [6, 6.07) is 11.3. The Labute approximate surface area is 228 Å². The molecule has 1 amide bonds.